The van der Waals surface area contributed by atoms with E-state index in [4.69, 9.17) is 9.47 Å². The Labute approximate surface area is 125 Å². The second-order valence-corrected chi connectivity index (χ2v) is 6.82. The van der Waals surface area contributed by atoms with Gasteiger partial charge in [-0.2, -0.15) is 14.6 Å². The first-order valence-corrected chi connectivity index (χ1v) is 7.81. The second-order valence-electron chi connectivity index (χ2n) is 5.73. The molecule has 21 heavy (non-hydrogen) atoms. The molecule has 4 heterocycles. The first kappa shape index (κ1) is 13.0. The zero-order valence-electron chi connectivity index (χ0n) is 12.2. The van der Waals surface area contributed by atoms with Crippen LogP contribution in [0.3, 0.4) is 0 Å². The molecule has 110 valence electrons. The van der Waals surface area contributed by atoms with Gasteiger partial charge in [-0.3, -0.25) is 0 Å². The van der Waals surface area contributed by atoms with E-state index < -0.39 is 0 Å². The van der Waals surface area contributed by atoms with Crippen molar-refractivity contribution in [2.24, 2.45) is 0 Å². The van der Waals surface area contributed by atoms with Crippen molar-refractivity contribution in [3.63, 3.8) is 0 Å². The SMILES string of the molecule is CCOc1nc2sc3c(c2c2ncnn12)CC(C)(C)OC3. The predicted molar refractivity (Wildman–Crippen MR) is 79.9 cm³/mol. The Hall–Kier alpha value is -1.73. The largest absolute Gasteiger partial charge is 0.464 e. The fraction of sp³-hybridized carbons (Fsp3) is 0.500. The number of hydrogen-bond donors (Lipinski definition) is 0. The van der Waals surface area contributed by atoms with Crippen LogP contribution >= 0.6 is 11.3 Å². The predicted octanol–water partition coefficient (Wildman–Crippen LogP) is 2.59. The highest BCUT2D eigenvalue weighted by molar-refractivity contribution is 7.19. The van der Waals surface area contributed by atoms with Gasteiger partial charge in [-0.1, -0.05) is 0 Å². The smallest absolute Gasteiger partial charge is 0.320 e. The van der Waals surface area contributed by atoms with Crippen LogP contribution in [-0.4, -0.2) is 31.8 Å². The number of ether oxygens (including phenoxy) is 2. The lowest BCUT2D eigenvalue weighted by Crippen LogP contribution is -2.31. The first-order chi connectivity index (χ1) is 10.1. The molecule has 0 aromatic carbocycles. The molecule has 1 aliphatic rings. The van der Waals surface area contributed by atoms with Crippen molar-refractivity contribution in [2.45, 2.75) is 39.4 Å². The Bertz CT molecular complexity index is 836. The summed E-state index contributed by atoms with van der Waals surface area (Å²) in [5.74, 6) is 0. The highest BCUT2D eigenvalue weighted by atomic mass is 32.1. The Morgan fingerprint density at radius 2 is 2.33 bits per heavy atom. The van der Waals surface area contributed by atoms with Crippen molar-refractivity contribution in [3.8, 4) is 6.01 Å². The lowest BCUT2D eigenvalue weighted by Gasteiger charge is -2.30. The Kier molecular flexibility index (Phi) is 2.71. The number of fused-ring (bicyclic) bond motifs is 5. The molecule has 7 heteroatoms. The quantitative estimate of drug-likeness (QED) is 0.728. The molecule has 6 nitrogen and oxygen atoms in total. The molecule has 1 aliphatic heterocycles. The van der Waals surface area contributed by atoms with Crippen molar-refractivity contribution in [3.05, 3.63) is 16.8 Å². The summed E-state index contributed by atoms with van der Waals surface area (Å²) in [6.45, 7) is 7.34. The Morgan fingerprint density at radius 1 is 1.48 bits per heavy atom. The van der Waals surface area contributed by atoms with E-state index in [1.54, 1.807) is 22.2 Å². The van der Waals surface area contributed by atoms with Gasteiger partial charge in [-0.15, -0.1) is 11.3 Å². The van der Waals surface area contributed by atoms with Crippen molar-refractivity contribution < 1.29 is 9.47 Å². The fourth-order valence-corrected chi connectivity index (χ4v) is 3.85. The monoisotopic (exact) mass is 304 g/mol. The normalized spacial score (nSPS) is 17.3. The maximum atomic E-state index is 5.90. The van der Waals surface area contributed by atoms with Crippen molar-refractivity contribution >= 4 is 27.2 Å². The minimum Gasteiger partial charge on any atom is -0.464 e. The van der Waals surface area contributed by atoms with Crippen LogP contribution in [-0.2, 0) is 17.8 Å². The molecule has 3 aromatic heterocycles. The van der Waals surface area contributed by atoms with E-state index in [0.29, 0.717) is 19.2 Å². The number of hydrogen-bond acceptors (Lipinski definition) is 6. The van der Waals surface area contributed by atoms with E-state index in [0.717, 1.165) is 22.3 Å². The van der Waals surface area contributed by atoms with E-state index in [2.05, 4.69) is 28.9 Å². The fourth-order valence-electron chi connectivity index (χ4n) is 2.76. The van der Waals surface area contributed by atoms with Gasteiger partial charge < -0.3 is 9.47 Å². The van der Waals surface area contributed by atoms with Crippen molar-refractivity contribution in [1.29, 1.82) is 0 Å². The van der Waals surface area contributed by atoms with Crippen LogP contribution in [0.5, 0.6) is 6.01 Å². The van der Waals surface area contributed by atoms with Crippen LogP contribution in [0, 0.1) is 0 Å². The number of rotatable bonds is 2. The zero-order chi connectivity index (χ0) is 14.6. The molecule has 0 N–H and O–H groups in total. The molecule has 0 spiro atoms. The highest BCUT2D eigenvalue weighted by Crippen LogP contribution is 2.40. The van der Waals surface area contributed by atoms with E-state index in [9.17, 15) is 0 Å². The van der Waals surface area contributed by atoms with E-state index in [-0.39, 0.29) is 5.60 Å². The highest BCUT2D eigenvalue weighted by Gasteiger charge is 2.31. The average molecular weight is 304 g/mol. The third kappa shape index (κ3) is 1.91. The average Bonchev–Trinajstić information content (AvgIpc) is 3.01. The van der Waals surface area contributed by atoms with Gasteiger partial charge >= 0.3 is 6.01 Å². The first-order valence-electron chi connectivity index (χ1n) is 7.00. The summed E-state index contributed by atoms with van der Waals surface area (Å²) in [5, 5.41) is 5.33. The van der Waals surface area contributed by atoms with Crippen LogP contribution < -0.4 is 4.74 Å². The van der Waals surface area contributed by atoms with Gasteiger partial charge in [-0.25, -0.2) is 4.98 Å². The van der Waals surface area contributed by atoms with Crippen LogP contribution in [0.4, 0.5) is 0 Å². The van der Waals surface area contributed by atoms with Gasteiger partial charge in [0.2, 0.25) is 0 Å². The van der Waals surface area contributed by atoms with Crippen LogP contribution in [0.15, 0.2) is 6.33 Å². The summed E-state index contributed by atoms with van der Waals surface area (Å²) in [4.78, 5) is 11.2. The molecule has 0 atom stereocenters. The molecule has 0 bridgehead atoms. The Balaban J connectivity index is 2.04. The standard InChI is InChI=1S/C14H16N4O2S/c1-4-19-13-17-12-10(11-15-7-16-18(11)13)8-5-14(2,3)20-6-9(8)21-12/h7H,4-6H2,1-3H3. The van der Waals surface area contributed by atoms with E-state index >= 15 is 0 Å². The molecule has 0 unspecified atom stereocenters. The number of thiophene rings is 1. The molecule has 0 saturated carbocycles. The lowest BCUT2D eigenvalue weighted by atomic mass is 9.94. The van der Waals surface area contributed by atoms with Gasteiger partial charge in [0.1, 0.15) is 11.2 Å². The summed E-state index contributed by atoms with van der Waals surface area (Å²) in [6.07, 6.45) is 2.41. The van der Waals surface area contributed by atoms with Gasteiger partial charge in [0.05, 0.1) is 24.2 Å². The van der Waals surface area contributed by atoms with Gasteiger partial charge in [0.25, 0.3) is 0 Å². The summed E-state index contributed by atoms with van der Waals surface area (Å²) in [5.41, 5.74) is 1.95. The molecule has 3 aromatic rings. The zero-order valence-corrected chi connectivity index (χ0v) is 13.0. The minimum absolute atomic E-state index is 0.156. The van der Waals surface area contributed by atoms with Gasteiger partial charge in [0.15, 0.2) is 5.65 Å². The lowest BCUT2D eigenvalue weighted by molar-refractivity contribution is -0.0379. The van der Waals surface area contributed by atoms with Gasteiger partial charge in [0, 0.05) is 11.3 Å². The maximum Gasteiger partial charge on any atom is 0.320 e. The summed E-state index contributed by atoms with van der Waals surface area (Å²) in [6, 6.07) is 0.497. The molecular formula is C14H16N4O2S. The molecule has 0 aliphatic carbocycles. The van der Waals surface area contributed by atoms with Crippen molar-refractivity contribution in [1.82, 2.24) is 19.6 Å². The number of aromatic nitrogens is 4. The summed E-state index contributed by atoms with van der Waals surface area (Å²) in [7, 11) is 0. The molecule has 0 amide bonds. The van der Waals surface area contributed by atoms with E-state index in [1.807, 2.05) is 6.92 Å². The van der Waals surface area contributed by atoms with Crippen LogP contribution in [0.2, 0.25) is 0 Å². The second kappa shape index (κ2) is 4.38. The van der Waals surface area contributed by atoms with Crippen molar-refractivity contribution in [2.75, 3.05) is 6.61 Å². The third-order valence-electron chi connectivity index (χ3n) is 3.69. The Morgan fingerprint density at radius 3 is 3.14 bits per heavy atom. The van der Waals surface area contributed by atoms with Crippen LogP contribution in [0.25, 0.3) is 15.9 Å². The summed E-state index contributed by atoms with van der Waals surface area (Å²) < 4.78 is 13.2. The van der Waals surface area contributed by atoms with Crippen LogP contribution in [0.1, 0.15) is 31.2 Å². The maximum absolute atomic E-state index is 5.90. The molecule has 4 rings (SSSR count). The van der Waals surface area contributed by atoms with E-state index in [1.165, 1.54) is 10.4 Å². The topological polar surface area (TPSA) is 61.5 Å². The minimum atomic E-state index is -0.156. The molecular weight excluding hydrogens is 288 g/mol. The summed E-state index contributed by atoms with van der Waals surface area (Å²) >= 11 is 1.66. The number of nitrogens with zero attached hydrogens (tertiary/aromatic N) is 4. The van der Waals surface area contributed by atoms with Gasteiger partial charge in [-0.05, 0) is 26.3 Å². The molecule has 0 radical (unpaired) electrons. The molecule has 0 saturated heterocycles. The molecule has 0 fully saturated rings. The third-order valence-corrected chi connectivity index (χ3v) is 4.79.